The fraction of sp³-hybridized carbons (Fsp3) is 0.318. The van der Waals surface area contributed by atoms with Gasteiger partial charge in [0, 0.05) is 44.6 Å². The monoisotopic (exact) mass is 410 g/mol. The normalized spacial score (nSPS) is 19.0. The van der Waals surface area contributed by atoms with Crippen molar-refractivity contribution in [3.8, 4) is 11.8 Å². The number of ether oxygens (including phenoxy) is 1. The van der Waals surface area contributed by atoms with Crippen LogP contribution in [0.25, 0.3) is 11.0 Å². The number of rotatable bonds is 3. The standard InChI is InChI=1S/C22H20F2N4O2/c1-13-12-28(8-7-19(13)30-20-6-3-14(23)9-16(20)24)18-10-21(29)27(2)17-5-4-15(11-25)26-22(17)18/h3-6,9-10,13,19H,7-8,12H2,1-2H3/t13?,19-/m0/s1. The van der Waals surface area contributed by atoms with Crippen LogP contribution in [0.4, 0.5) is 14.5 Å². The number of nitrogens with zero attached hydrogens (tertiary/aromatic N) is 4. The summed E-state index contributed by atoms with van der Waals surface area (Å²) in [6, 6.07) is 10.2. The van der Waals surface area contributed by atoms with Crippen LogP contribution in [-0.4, -0.2) is 28.7 Å². The molecule has 1 fully saturated rings. The van der Waals surface area contributed by atoms with Crippen molar-refractivity contribution >= 4 is 16.7 Å². The predicted molar refractivity (Wildman–Crippen MR) is 108 cm³/mol. The Bertz CT molecular complexity index is 1220. The smallest absolute Gasteiger partial charge is 0.252 e. The van der Waals surface area contributed by atoms with E-state index in [4.69, 9.17) is 4.74 Å². The molecule has 1 aromatic carbocycles. The predicted octanol–water partition coefficient (Wildman–Crippen LogP) is 3.38. The van der Waals surface area contributed by atoms with Crippen LogP contribution in [0.15, 0.2) is 41.2 Å². The molecule has 0 spiro atoms. The number of hydrogen-bond acceptors (Lipinski definition) is 5. The maximum Gasteiger partial charge on any atom is 0.252 e. The van der Waals surface area contributed by atoms with Crippen molar-refractivity contribution in [1.82, 2.24) is 9.55 Å². The Labute approximate surface area is 171 Å². The third kappa shape index (κ3) is 3.59. The minimum atomic E-state index is -0.726. The number of aryl methyl sites for hydroxylation is 1. The lowest BCUT2D eigenvalue weighted by Crippen LogP contribution is -2.45. The summed E-state index contributed by atoms with van der Waals surface area (Å²) in [5.41, 5.74) is 2.02. The molecule has 6 nitrogen and oxygen atoms in total. The van der Waals surface area contributed by atoms with E-state index in [0.29, 0.717) is 36.2 Å². The van der Waals surface area contributed by atoms with Crippen molar-refractivity contribution in [2.24, 2.45) is 13.0 Å². The van der Waals surface area contributed by atoms with Crippen LogP contribution < -0.4 is 15.2 Å². The summed E-state index contributed by atoms with van der Waals surface area (Å²) in [7, 11) is 1.67. The molecule has 0 amide bonds. The second-order valence-electron chi connectivity index (χ2n) is 7.55. The molecule has 0 aliphatic carbocycles. The third-order valence-electron chi connectivity index (χ3n) is 5.52. The second kappa shape index (κ2) is 7.75. The maximum atomic E-state index is 14.0. The number of benzene rings is 1. The Kier molecular flexibility index (Phi) is 5.12. The fourth-order valence-corrected chi connectivity index (χ4v) is 3.87. The molecule has 154 valence electrons. The molecule has 1 saturated heterocycles. The van der Waals surface area contributed by atoms with E-state index >= 15 is 0 Å². The highest BCUT2D eigenvalue weighted by Crippen LogP contribution is 2.30. The second-order valence-corrected chi connectivity index (χ2v) is 7.55. The molecular weight excluding hydrogens is 390 g/mol. The average Bonchev–Trinajstić information content (AvgIpc) is 2.73. The number of pyridine rings is 2. The van der Waals surface area contributed by atoms with E-state index in [0.717, 1.165) is 6.07 Å². The molecule has 1 aliphatic heterocycles. The first-order valence-corrected chi connectivity index (χ1v) is 9.65. The Hall–Kier alpha value is -3.47. The van der Waals surface area contributed by atoms with Gasteiger partial charge in [0.1, 0.15) is 29.2 Å². The lowest BCUT2D eigenvalue weighted by atomic mass is 9.95. The zero-order valence-electron chi connectivity index (χ0n) is 16.6. The molecule has 2 aromatic heterocycles. The highest BCUT2D eigenvalue weighted by molar-refractivity contribution is 5.88. The van der Waals surface area contributed by atoms with E-state index in [-0.39, 0.29) is 29.0 Å². The number of halogens is 2. The van der Waals surface area contributed by atoms with E-state index in [1.54, 1.807) is 19.2 Å². The van der Waals surface area contributed by atoms with Gasteiger partial charge >= 0.3 is 0 Å². The third-order valence-corrected chi connectivity index (χ3v) is 5.52. The van der Waals surface area contributed by atoms with E-state index in [1.165, 1.54) is 22.8 Å². The molecule has 3 heterocycles. The number of anilines is 1. The van der Waals surface area contributed by atoms with Gasteiger partial charge in [0.25, 0.3) is 5.56 Å². The van der Waals surface area contributed by atoms with Crippen molar-refractivity contribution in [3.05, 3.63) is 64.1 Å². The zero-order valence-corrected chi connectivity index (χ0v) is 16.6. The van der Waals surface area contributed by atoms with Gasteiger partial charge < -0.3 is 14.2 Å². The van der Waals surface area contributed by atoms with Crippen molar-refractivity contribution in [2.75, 3.05) is 18.0 Å². The molecule has 0 saturated carbocycles. The molecular formula is C22H20F2N4O2. The maximum absolute atomic E-state index is 14.0. The first kappa shape index (κ1) is 19.8. The summed E-state index contributed by atoms with van der Waals surface area (Å²) in [5, 5.41) is 9.21. The number of hydrogen-bond donors (Lipinski definition) is 0. The Morgan fingerprint density at radius 3 is 2.73 bits per heavy atom. The van der Waals surface area contributed by atoms with Crippen molar-refractivity contribution in [2.45, 2.75) is 19.4 Å². The first-order valence-electron chi connectivity index (χ1n) is 9.65. The molecule has 0 radical (unpaired) electrons. The first-order chi connectivity index (χ1) is 14.4. The topological polar surface area (TPSA) is 71.2 Å². The summed E-state index contributed by atoms with van der Waals surface area (Å²) in [5.74, 6) is -1.33. The number of aromatic nitrogens is 2. The number of piperidine rings is 1. The van der Waals surface area contributed by atoms with Gasteiger partial charge in [0.05, 0.1) is 11.2 Å². The van der Waals surface area contributed by atoms with Crippen molar-refractivity contribution in [3.63, 3.8) is 0 Å². The van der Waals surface area contributed by atoms with E-state index in [2.05, 4.69) is 4.98 Å². The highest BCUT2D eigenvalue weighted by atomic mass is 19.1. The summed E-state index contributed by atoms with van der Waals surface area (Å²) in [4.78, 5) is 18.9. The number of nitriles is 1. The van der Waals surface area contributed by atoms with Gasteiger partial charge in [-0.05, 0) is 24.3 Å². The molecule has 1 aliphatic rings. The van der Waals surface area contributed by atoms with E-state index < -0.39 is 11.6 Å². The van der Waals surface area contributed by atoms with Crippen LogP contribution in [0, 0.1) is 28.9 Å². The van der Waals surface area contributed by atoms with Crippen LogP contribution in [0.5, 0.6) is 5.75 Å². The van der Waals surface area contributed by atoms with Crippen LogP contribution in [0.3, 0.4) is 0 Å². The van der Waals surface area contributed by atoms with Gasteiger partial charge in [-0.2, -0.15) is 5.26 Å². The fourth-order valence-electron chi connectivity index (χ4n) is 3.87. The van der Waals surface area contributed by atoms with Crippen LogP contribution in [0.2, 0.25) is 0 Å². The van der Waals surface area contributed by atoms with Gasteiger partial charge in [0.2, 0.25) is 0 Å². The SMILES string of the molecule is CC1CN(c2cc(=O)n(C)c3ccc(C#N)nc23)CC[C@@H]1Oc1ccc(F)cc1F. The lowest BCUT2D eigenvalue weighted by molar-refractivity contribution is 0.116. The van der Waals surface area contributed by atoms with Gasteiger partial charge in [-0.15, -0.1) is 0 Å². The molecule has 4 rings (SSSR count). The van der Waals surface area contributed by atoms with Gasteiger partial charge in [-0.1, -0.05) is 6.92 Å². The largest absolute Gasteiger partial charge is 0.487 e. The van der Waals surface area contributed by atoms with Gasteiger partial charge in [-0.3, -0.25) is 4.79 Å². The highest BCUT2D eigenvalue weighted by Gasteiger charge is 2.30. The summed E-state index contributed by atoms with van der Waals surface area (Å²) in [6.07, 6.45) is 0.341. The van der Waals surface area contributed by atoms with Gasteiger partial charge in [0.15, 0.2) is 11.6 Å². The minimum absolute atomic E-state index is 0.0152. The molecule has 2 atom stereocenters. The molecule has 0 bridgehead atoms. The van der Waals surface area contributed by atoms with Crippen LogP contribution >= 0.6 is 0 Å². The van der Waals surface area contributed by atoms with Gasteiger partial charge in [-0.25, -0.2) is 13.8 Å². The summed E-state index contributed by atoms with van der Waals surface area (Å²) in [6.45, 7) is 3.11. The molecule has 1 unspecified atom stereocenters. The molecule has 8 heteroatoms. The van der Waals surface area contributed by atoms with E-state index in [9.17, 15) is 18.8 Å². The van der Waals surface area contributed by atoms with Crippen LogP contribution in [0.1, 0.15) is 19.0 Å². The summed E-state index contributed by atoms with van der Waals surface area (Å²) >= 11 is 0. The molecule has 30 heavy (non-hydrogen) atoms. The molecule has 3 aromatic rings. The lowest BCUT2D eigenvalue weighted by Gasteiger charge is -2.38. The van der Waals surface area contributed by atoms with Crippen molar-refractivity contribution < 1.29 is 13.5 Å². The van der Waals surface area contributed by atoms with Crippen LogP contribution in [-0.2, 0) is 7.05 Å². The quantitative estimate of drug-likeness (QED) is 0.662. The van der Waals surface area contributed by atoms with E-state index in [1.807, 2.05) is 17.9 Å². The van der Waals surface area contributed by atoms with Crippen molar-refractivity contribution in [1.29, 1.82) is 5.26 Å². The molecule has 0 N–H and O–H groups in total. The number of fused-ring (bicyclic) bond motifs is 1. The Morgan fingerprint density at radius 2 is 2.03 bits per heavy atom. The Morgan fingerprint density at radius 1 is 1.23 bits per heavy atom. The Balaban J connectivity index is 1.61. The minimum Gasteiger partial charge on any atom is -0.487 e. The zero-order chi connectivity index (χ0) is 21.4. The summed E-state index contributed by atoms with van der Waals surface area (Å²) < 4.78 is 34.4. The average molecular weight is 410 g/mol.